The summed E-state index contributed by atoms with van der Waals surface area (Å²) in [4.78, 5) is 20.1. The maximum absolute atomic E-state index is 13.2. The minimum atomic E-state index is -3.88. The van der Waals surface area contributed by atoms with Crippen LogP contribution in [0.15, 0.2) is 36.4 Å². The van der Waals surface area contributed by atoms with Crippen LogP contribution in [0.2, 0.25) is 0 Å². The normalized spacial score (nSPS) is 17.2. The van der Waals surface area contributed by atoms with E-state index in [9.17, 15) is 13.2 Å². The average Bonchev–Trinajstić information content (AvgIpc) is 3.25. The molecule has 1 N–H and O–H groups in total. The van der Waals surface area contributed by atoms with Gasteiger partial charge in [0.2, 0.25) is 10.0 Å². The molecule has 1 aromatic carbocycles. The predicted octanol–water partition coefficient (Wildman–Crippen LogP) is 3.01. The van der Waals surface area contributed by atoms with Crippen molar-refractivity contribution in [2.24, 2.45) is 0 Å². The lowest BCUT2D eigenvalue weighted by molar-refractivity contribution is 0.0819. The number of carbonyl (C=O) groups is 1. The molecule has 1 amide bonds. The molecular formula is C26H33N5O5S. The number of fused-ring (bicyclic) bond motifs is 1. The number of pyridine rings is 1. The van der Waals surface area contributed by atoms with Crippen molar-refractivity contribution in [1.29, 1.82) is 0 Å². The lowest BCUT2D eigenvalue weighted by Crippen LogP contribution is -2.37. The number of hydrogen-bond acceptors (Lipinski definition) is 8. The van der Waals surface area contributed by atoms with Gasteiger partial charge in [-0.25, -0.2) is 22.8 Å². The molecule has 3 aromatic rings. The minimum absolute atomic E-state index is 0.0136. The van der Waals surface area contributed by atoms with Gasteiger partial charge in [-0.15, -0.1) is 0 Å². The molecule has 3 heterocycles. The number of rotatable bonds is 9. The number of amides is 1. The number of sulfonamides is 1. The summed E-state index contributed by atoms with van der Waals surface area (Å²) in [5, 5.41) is 5.95. The third-order valence-corrected chi connectivity index (χ3v) is 8.49. The van der Waals surface area contributed by atoms with Crippen LogP contribution in [-0.4, -0.2) is 74.9 Å². The number of methoxy groups -OCH3 is 2. The highest BCUT2D eigenvalue weighted by atomic mass is 32.2. The van der Waals surface area contributed by atoms with E-state index >= 15 is 0 Å². The Kier molecular flexibility index (Phi) is 7.45. The number of nitrogens with zero attached hydrogens (tertiary/aromatic N) is 4. The van der Waals surface area contributed by atoms with Gasteiger partial charge in [0.1, 0.15) is 5.69 Å². The van der Waals surface area contributed by atoms with E-state index in [1.807, 2.05) is 30.3 Å². The molecule has 1 saturated carbocycles. The Morgan fingerprint density at radius 2 is 1.84 bits per heavy atom. The highest BCUT2D eigenvalue weighted by Gasteiger charge is 2.32. The van der Waals surface area contributed by atoms with Crippen molar-refractivity contribution in [3.05, 3.63) is 47.8 Å². The summed E-state index contributed by atoms with van der Waals surface area (Å²) in [7, 11) is -0.730. The molecule has 2 aliphatic rings. The number of benzene rings is 1. The zero-order chi connectivity index (χ0) is 26.0. The van der Waals surface area contributed by atoms with Crippen molar-refractivity contribution in [1.82, 2.24) is 19.5 Å². The number of para-hydroxylation sites is 1. The van der Waals surface area contributed by atoms with Gasteiger partial charge in [0.25, 0.3) is 5.91 Å². The second-order valence-corrected chi connectivity index (χ2v) is 11.5. The van der Waals surface area contributed by atoms with Crippen LogP contribution < -0.4 is 9.62 Å². The van der Waals surface area contributed by atoms with Gasteiger partial charge >= 0.3 is 0 Å². The molecule has 2 fully saturated rings. The zero-order valence-electron chi connectivity index (χ0n) is 21.2. The van der Waals surface area contributed by atoms with E-state index in [0.717, 1.165) is 67.6 Å². The van der Waals surface area contributed by atoms with Crippen molar-refractivity contribution < 1.29 is 22.7 Å². The van der Waals surface area contributed by atoms with Crippen LogP contribution in [0.5, 0.6) is 0 Å². The average molecular weight is 528 g/mol. The number of aromatic nitrogens is 3. The summed E-state index contributed by atoms with van der Waals surface area (Å²) in [6.07, 6.45) is 5.20. The molecule has 198 valence electrons. The van der Waals surface area contributed by atoms with Crippen LogP contribution in [0.1, 0.15) is 54.2 Å². The standard InChI is InChI=1S/C26H33N5O5S/c1-35-15-16-37(33,34)29-26(32)21-17-22(30-13-11-20(36-2)12-14-30)23-24(18-7-6-8-18)28-31(25(23)27-21)19-9-4-3-5-10-19/h3-5,9-10,17-18,20H,6-8,11-16H2,1-2H3,(H,29,32). The molecular weight excluding hydrogens is 494 g/mol. The zero-order valence-corrected chi connectivity index (χ0v) is 22.0. The van der Waals surface area contributed by atoms with Gasteiger partial charge < -0.3 is 14.4 Å². The van der Waals surface area contributed by atoms with Gasteiger partial charge in [-0.05, 0) is 43.9 Å². The van der Waals surface area contributed by atoms with Crippen molar-refractivity contribution in [3.8, 4) is 5.69 Å². The van der Waals surface area contributed by atoms with E-state index in [1.54, 1.807) is 17.9 Å². The smallest absolute Gasteiger partial charge is 0.283 e. The molecule has 0 bridgehead atoms. The summed E-state index contributed by atoms with van der Waals surface area (Å²) < 4.78 is 39.2. The number of hydrogen-bond donors (Lipinski definition) is 1. The lowest BCUT2D eigenvalue weighted by atomic mass is 9.82. The Morgan fingerprint density at radius 3 is 2.46 bits per heavy atom. The van der Waals surface area contributed by atoms with Crippen molar-refractivity contribution >= 4 is 32.7 Å². The van der Waals surface area contributed by atoms with Crippen molar-refractivity contribution in [2.75, 3.05) is 44.6 Å². The third-order valence-electron chi connectivity index (χ3n) is 7.29. The fourth-order valence-electron chi connectivity index (χ4n) is 4.98. The summed E-state index contributed by atoms with van der Waals surface area (Å²) in [5.74, 6) is -0.751. The summed E-state index contributed by atoms with van der Waals surface area (Å²) in [6.45, 7) is 1.50. The molecule has 0 spiro atoms. The number of piperidine rings is 1. The maximum Gasteiger partial charge on any atom is 0.283 e. The minimum Gasteiger partial charge on any atom is -0.384 e. The molecule has 10 nitrogen and oxygen atoms in total. The van der Waals surface area contributed by atoms with Gasteiger partial charge in [0, 0.05) is 33.2 Å². The highest BCUT2D eigenvalue weighted by molar-refractivity contribution is 7.90. The van der Waals surface area contributed by atoms with E-state index in [4.69, 9.17) is 19.6 Å². The van der Waals surface area contributed by atoms with E-state index in [2.05, 4.69) is 9.62 Å². The van der Waals surface area contributed by atoms with Crippen LogP contribution in [0.25, 0.3) is 16.7 Å². The first-order chi connectivity index (χ1) is 17.9. The van der Waals surface area contributed by atoms with Gasteiger partial charge in [-0.1, -0.05) is 24.6 Å². The number of nitrogens with one attached hydrogen (secondary N) is 1. The summed E-state index contributed by atoms with van der Waals surface area (Å²) in [5.41, 5.74) is 3.28. The molecule has 37 heavy (non-hydrogen) atoms. The first-order valence-corrected chi connectivity index (χ1v) is 14.4. The Morgan fingerprint density at radius 1 is 1.11 bits per heavy atom. The highest BCUT2D eigenvalue weighted by Crippen LogP contribution is 2.43. The van der Waals surface area contributed by atoms with Crippen LogP contribution in [0.4, 0.5) is 5.69 Å². The van der Waals surface area contributed by atoms with E-state index in [-0.39, 0.29) is 24.2 Å². The van der Waals surface area contributed by atoms with E-state index < -0.39 is 15.9 Å². The largest absolute Gasteiger partial charge is 0.384 e. The van der Waals surface area contributed by atoms with Crippen molar-refractivity contribution in [2.45, 2.75) is 44.1 Å². The fraction of sp³-hybridized carbons (Fsp3) is 0.500. The molecule has 1 saturated heterocycles. The molecule has 2 aromatic heterocycles. The number of anilines is 1. The quantitative estimate of drug-likeness (QED) is 0.452. The SMILES string of the molecule is COCCS(=O)(=O)NC(=O)c1cc(N2CCC(OC)CC2)c2c(C3CCC3)nn(-c3ccccc3)c2n1. The molecule has 1 aliphatic carbocycles. The van der Waals surface area contributed by atoms with Gasteiger partial charge in [-0.3, -0.25) is 4.79 Å². The van der Waals surface area contributed by atoms with Crippen LogP contribution in [-0.2, 0) is 19.5 Å². The van der Waals surface area contributed by atoms with E-state index in [0.29, 0.717) is 11.6 Å². The Hall–Kier alpha value is -3.02. The Bertz CT molecular complexity index is 1360. The van der Waals surface area contributed by atoms with Crippen molar-refractivity contribution in [3.63, 3.8) is 0 Å². The van der Waals surface area contributed by atoms with Crippen LogP contribution in [0, 0.1) is 0 Å². The molecule has 1 aliphatic heterocycles. The van der Waals surface area contributed by atoms with Gasteiger partial charge in [0.15, 0.2) is 5.65 Å². The molecule has 5 rings (SSSR count). The molecule has 0 atom stereocenters. The number of ether oxygens (including phenoxy) is 2. The third kappa shape index (κ3) is 5.34. The first-order valence-electron chi connectivity index (χ1n) is 12.7. The first kappa shape index (κ1) is 25.6. The van der Waals surface area contributed by atoms with Gasteiger partial charge in [0.05, 0.1) is 40.9 Å². The van der Waals surface area contributed by atoms with E-state index in [1.165, 1.54) is 7.11 Å². The second kappa shape index (κ2) is 10.8. The molecule has 11 heteroatoms. The second-order valence-electron chi connectivity index (χ2n) is 9.65. The predicted molar refractivity (Wildman–Crippen MR) is 141 cm³/mol. The molecule has 0 radical (unpaired) electrons. The fourth-order valence-corrected chi connectivity index (χ4v) is 5.85. The monoisotopic (exact) mass is 527 g/mol. The Labute approximate surface area is 217 Å². The van der Waals surface area contributed by atoms with Crippen LogP contribution >= 0.6 is 0 Å². The summed E-state index contributed by atoms with van der Waals surface area (Å²) >= 11 is 0. The molecule has 0 unspecified atom stereocenters. The summed E-state index contributed by atoms with van der Waals surface area (Å²) in [6, 6.07) is 11.4. The van der Waals surface area contributed by atoms with Gasteiger partial charge in [-0.2, -0.15) is 5.10 Å². The number of carbonyl (C=O) groups excluding carboxylic acids is 1. The maximum atomic E-state index is 13.2. The lowest BCUT2D eigenvalue weighted by Gasteiger charge is -2.34. The van der Waals surface area contributed by atoms with Crippen LogP contribution in [0.3, 0.4) is 0 Å². The Balaban J connectivity index is 1.65. The topological polar surface area (TPSA) is 116 Å².